The average Bonchev–Trinajstić information content (AvgIpc) is 3.42. The molecule has 4 fully saturated rings. The molecule has 1 saturated carbocycles. The van der Waals surface area contributed by atoms with Crippen LogP contribution in [0.4, 0.5) is 4.79 Å². The van der Waals surface area contributed by atoms with Crippen LogP contribution in [-0.4, -0.2) is 129 Å². The molecule has 2 aliphatic carbocycles. The van der Waals surface area contributed by atoms with E-state index in [0.717, 1.165) is 29.2 Å². The lowest BCUT2D eigenvalue weighted by Crippen LogP contribution is -2.74. The largest absolute Gasteiger partial charge is 0.508 e. The van der Waals surface area contributed by atoms with E-state index in [-0.39, 0.29) is 56.2 Å². The number of rotatable bonds is 19. The first-order valence-corrected chi connectivity index (χ1v) is 21.9. The number of amides is 1. The summed E-state index contributed by atoms with van der Waals surface area (Å²) in [4.78, 5) is 37.6. The minimum atomic E-state index is -1.58. The summed E-state index contributed by atoms with van der Waals surface area (Å²) in [5.74, 6) is 1.00. The van der Waals surface area contributed by atoms with Crippen molar-refractivity contribution in [1.82, 2.24) is 5.32 Å². The van der Waals surface area contributed by atoms with Gasteiger partial charge in [0.1, 0.15) is 36.1 Å². The zero-order valence-corrected chi connectivity index (χ0v) is 33.4. The lowest BCUT2D eigenvalue weighted by molar-refractivity contribution is -0.299. The number of esters is 1. The molecule has 53 heavy (non-hydrogen) atoms. The van der Waals surface area contributed by atoms with Crippen LogP contribution in [0, 0.1) is 17.3 Å². The molecular formula is C38H59NO12S2. The minimum absolute atomic E-state index is 0.00196. The van der Waals surface area contributed by atoms with E-state index in [1.54, 1.807) is 0 Å². The van der Waals surface area contributed by atoms with Crippen molar-refractivity contribution in [3.8, 4) is 0 Å². The highest BCUT2D eigenvalue weighted by molar-refractivity contribution is 8.77. The molecule has 0 aromatic rings. The standard InChI is InChI=1S/C38H59NO12S2/c1-25(2)38-30(51-38)24-49-36(4)35(3)12-9-27-28(23-48-32(27)41)29(35)10-13-37(36,43)33(38)50-34(42)47-21-20-46-19-18-45-17-16-44-15-14-39-31(40)8-6-5-7-26-11-22-52-53-26/h25-26,29-30,33,43H,5-24H2,1-4H3,(H,39,40)/t26?,29-,30-,33-,35-,36+,37+,38-/m0/s1. The van der Waals surface area contributed by atoms with Crippen LogP contribution in [0.1, 0.15) is 85.5 Å². The van der Waals surface area contributed by atoms with E-state index in [0.29, 0.717) is 71.7 Å². The molecule has 6 rings (SSSR count). The van der Waals surface area contributed by atoms with Crippen molar-refractivity contribution in [1.29, 1.82) is 0 Å². The number of carbonyl (C=O) groups excluding carboxylic acids is 3. The summed E-state index contributed by atoms with van der Waals surface area (Å²) in [7, 11) is 3.94. The molecule has 4 aliphatic heterocycles. The summed E-state index contributed by atoms with van der Waals surface area (Å²) in [6, 6.07) is 0. The van der Waals surface area contributed by atoms with Crippen LogP contribution in [0.3, 0.4) is 0 Å². The number of cyclic esters (lactones) is 1. The van der Waals surface area contributed by atoms with Crippen LogP contribution in [-0.2, 0) is 47.5 Å². The van der Waals surface area contributed by atoms with Gasteiger partial charge < -0.3 is 48.3 Å². The lowest BCUT2D eigenvalue weighted by atomic mass is 9.47. The van der Waals surface area contributed by atoms with Crippen molar-refractivity contribution in [2.45, 2.75) is 120 Å². The fraction of sp³-hybridized carbons (Fsp3) is 0.868. The van der Waals surface area contributed by atoms with E-state index in [1.807, 2.05) is 42.4 Å². The number of aliphatic hydroxyl groups is 1. The number of hydrogen-bond acceptors (Lipinski definition) is 14. The van der Waals surface area contributed by atoms with Crippen LogP contribution < -0.4 is 5.32 Å². The van der Waals surface area contributed by atoms with Crippen LogP contribution >= 0.6 is 21.6 Å². The molecule has 6 aliphatic rings. The van der Waals surface area contributed by atoms with Crippen LogP contribution in [0.5, 0.6) is 0 Å². The van der Waals surface area contributed by atoms with Crippen molar-refractivity contribution in [2.24, 2.45) is 17.3 Å². The second-order valence-corrected chi connectivity index (χ2v) is 18.6. The van der Waals surface area contributed by atoms with Gasteiger partial charge in [-0.1, -0.05) is 48.8 Å². The van der Waals surface area contributed by atoms with Crippen LogP contribution in [0.2, 0.25) is 0 Å². The number of unbranched alkanes of at least 4 members (excludes halogenated alkanes) is 1. The molecule has 0 bridgehead atoms. The van der Waals surface area contributed by atoms with Crippen LogP contribution in [0.25, 0.3) is 0 Å². The van der Waals surface area contributed by atoms with E-state index < -0.39 is 34.5 Å². The van der Waals surface area contributed by atoms with Gasteiger partial charge in [-0.2, -0.15) is 0 Å². The summed E-state index contributed by atoms with van der Waals surface area (Å²) in [5, 5.41) is 16.5. The van der Waals surface area contributed by atoms with Crippen LogP contribution in [0.15, 0.2) is 11.1 Å². The average molecular weight is 786 g/mol. The predicted octanol–water partition coefficient (Wildman–Crippen LogP) is 4.77. The molecule has 2 N–H and O–H groups in total. The predicted molar refractivity (Wildman–Crippen MR) is 198 cm³/mol. The summed E-state index contributed by atoms with van der Waals surface area (Å²) in [5.41, 5.74) is -2.36. The first kappa shape index (κ1) is 41.1. The minimum Gasteiger partial charge on any atom is -0.458 e. The van der Waals surface area contributed by atoms with E-state index in [4.69, 9.17) is 37.9 Å². The van der Waals surface area contributed by atoms with E-state index in [2.05, 4.69) is 12.2 Å². The number of fused-ring (bicyclic) bond motifs is 5. The van der Waals surface area contributed by atoms with Gasteiger partial charge in [0.05, 0.1) is 46.2 Å². The number of nitrogens with one attached hydrogen (secondary N) is 1. The summed E-state index contributed by atoms with van der Waals surface area (Å²) in [6.45, 7) is 11.1. The normalized spacial score (nSPS) is 35.8. The third-order valence-corrected chi connectivity index (χ3v) is 15.8. The number of epoxide rings is 1. The monoisotopic (exact) mass is 785 g/mol. The Labute approximate surface area is 321 Å². The molecule has 13 nitrogen and oxygen atoms in total. The number of carbonyl (C=O) groups is 3. The second-order valence-electron chi connectivity index (χ2n) is 15.8. The quantitative estimate of drug-likeness (QED) is 0.0798. The van der Waals surface area contributed by atoms with Gasteiger partial charge >= 0.3 is 12.1 Å². The highest BCUT2D eigenvalue weighted by Gasteiger charge is 2.80. The topological polar surface area (TPSA) is 161 Å². The SMILES string of the molecule is CC(C)[C@]12O[C@H]1CO[C@]1(C)[C@@]3(C)CCC4=C(COC4=O)[C@@H]3CC[C@@]1(O)[C@@H]2OC(=O)OCCOCCOCCOCCNC(=O)CCCCC1CCSS1. The molecule has 15 heteroatoms. The molecule has 3 saturated heterocycles. The van der Waals surface area contributed by atoms with Crippen molar-refractivity contribution in [3.63, 3.8) is 0 Å². The Morgan fingerprint density at radius 3 is 2.45 bits per heavy atom. The molecular weight excluding hydrogens is 727 g/mol. The van der Waals surface area contributed by atoms with Gasteiger partial charge in [-0.15, -0.1) is 0 Å². The van der Waals surface area contributed by atoms with E-state index >= 15 is 0 Å². The Balaban J connectivity index is 0.872. The maximum atomic E-state index is 13.2. The van der Waals surface area contributed by atoms with Crippen molar-refractivity contribution >= 4 is 39.6 Å². The lowest BCUT2D eigenvalue weighted by Gasteiger charge is -2.63. The van der Waals surface area contributed by atoms with Gasteiger partial charge in [0.25, 0.3) is 0 Å². The summed E-state index contributed by atoms with van der Waals surface area (Å²) < 4.78 is 46.5. The smallest absolute Gasteiger partial charge is 0.458 e. The summed E-state index contributed by atoms with van der Waals surface area (Å²) >= 11 is 0. The molecule has 1 unspecified atom stereocenters. The highest BCUT2D eigenvalue weighted by Crippen LogP contribution is 2.67. The Kier molecular flexibility index (Phi) is 13.7. The van der Waals surface area contributed by atoms with Gasteiger partial charge in [0, 0.05) is 35.0 Å². The Hall–Kier alpha value is -1.59. The fourth-order valence-corrected chi connectivity index (χ4v) is 12.5. The molecule has 0 aromatic carbocycles. The molecule has 1 amide bonds. The number of hydrogen-bond donors (Lipinski definition) is 2. The maximum Gasteiger partial charge on any atom is 0.508 e. The van der Waals surface area contributed by atoms with Gasteiger partial charge in [0.2, 0.25) is 5.91 Å². The second kappa shape index (κ2) is 17.7. The molecule has 0 radical (unpaired) electrons. The Morgan fingerprint density at radius 2 is 1.74 bits per heavy atom. The zero-order chi connectivity index (χ0) is 37.7. The third kappa shape index (κ3) is 8.43. The zero-order valence-electron chi connectivity index (χ0n) is 31.8. The van der Waals surface area contributed by atoms with Crippen molar-refractivity contribution < 1.29 is 57.4 Å². The Morgan fingerprint density at radius 1 is 1.00 bits per heavy atom. The highest BCUT2D eigenvalue weighted by atomic mass is 33.1. The van der Waals surface area contributed by atoms with Gasteiger partial charge in [-0.25, -0.2) is 9.59 Å². The van der Waals surface area contributed by atoms with E-state index in [9.17, 15) is 19.5 Å². The first-order chi connectivity index (χ1) is 25.5. The summed E-state index contributed by atoms with van der Waals surface area (Å²) in [6.07, 6.45) is 4.87. The van der Waals surface area contributed by atoms with Crippen molar-refractivity contribution in [2.75, 3.05) is 71.8 Å². The molecule has 300 valence electrons. The fourth-order valence-electron chi connectivity index (χ4n) is 9.45. The number of ether oxygens (including phenoxy) is 8. The Bertz CT molecular complexity index is 1340. The molecule has 4 heterocycles. The first-order valence-electron chi connectivity index (χ1n) is 19.5. The van der Waals surface area contributed by atoms with Gasteiger partial charge in [-0.05, 0) is 69.3 Å². The van der Waals surface area contributed by atoms with Gasteiger partial charge in [-0.3, -0.25) is 4.79 Å². The molecule has 0 aromatic heterocycles. The van der Waals surface area contributed by atoms with Gasteiger partial charge in [0.15, 0.2) is 6.10 Å². The molecule has 8 atom stereocenters. The van der Waals surface area contributed by atoms with Crippen molar-refractivity contribution in [3.05, 3.63) is 11.1 Å². The van der Waals surface area contributed by atoms with E-state index in [1.165, 1.54) is 18.6 Å². The third-order valence-electron chi connectivity index (χ3n) is 12.8. The molecule has 0 spiro atoms. The maximum absolute atomic E-state index is 13.2.